The fraction of sp³-hybridized carbons (Fsp3) is 0.263. The highest BCUT2D eigenvalue weighted by molar-refractivity contribution is 6.64. The van der Waals surface area contributed by atoms with Crippen molar-refractivity contribution in [3.8, 4) is 0 Å². The van der Waals surface area contributed by atoms with Crippen LogP contribution in [0, 0.1) is 0 Å². The van der Waals surface area contributed by atoms with Gasteiger partial charge in [0.1, 0.15) is 0 Å². The summed E-state index contributed by atoms with van der Waals surface area (Å²) < 4.78 is 0. The minimum atomic E-state index is -0.469. The van der Waals surface area contributed by atoms with Crippen LogP contribution in [0.25, 0.3) is 0 Å². The number of nitrogens with zero attached hydrogens (tertiary/aromatic N) is 1. The van der Waals surface area contributed by atoms with Crippen molar-refractivity contribution in [1.29, 1.82) is 0 Å². The summed E-state index contributed by atoms with van der Waals surface area (Å²) in [4.78, 5) is 25.1. The molecule has 0 atom stereocenters. The zero-order valence-electron chi connectivity index (χ0n) is 13.5. The molecule has 0 saturated carbocycles. The second kappa shape index (κ2) is 9.85. The van der Waals surface area contributed by atoms with E-state index in [4.69, 9.17) is 11.6 Å². The molecule has 0 unspecified atom stereocenters. The van der Waals surface area contributed by atoms with Crippen molar-refractivity contribution in [2.24, 2.45) is 0 Å². The lowest BCUT2D eigenvalue weighted by Crippen LogP contribution is -2.39. The number of halogens is 1. The van der Waals surface area contributed by atoms with Gasteiger partial charge in [-0.25, -0.2) is 0 Å². The Hall–Kier alpha value is -2.17. The van der Waals surface area contributed by atoms with E-state index in [2.05, 4.69) is 5.32 Å². The Labute approximate surface area is 147 Å². The zero-order chi connectivity index (χ0) is 17.2. The van der Waals surface area contributed by atoms with E-state index in [9.17, 15) is 9.59 Å². The molecule has 0 saturated heterocycles. The van der Waals surface area contributed by atoms with E-state index in [1.165, 1.54) is 5.56 Å². The molecule has 0 aliphatic heterocycles. The number of carbonyl (C=O) groups excluding carboxylic acids is 2. The highest BCUT2D eigenvalue weighted by Gasteiger charge is 2.13. The lowest BCUT2D eigenvalue weighted by atomic mass is 10.1. The number of benzene rings is 2. The van der Waals surface area contributed by atoms with Gasteiger partial charge in [-0.05, 0) is 29.1 Å². The van der Waals surface area contributed by atoms with Gasteiger partial charge in [0.25, 0.3) is 0 Å². The molecule has 126 valence electrons. The molecule has 0 aromatic heterocycles. The van der Waals surface area contributed by atoms with Crippen molar-refractivity contribution in [2.75, 3.05) is 19.6 Å². The molecule has 0 radical (unpaired) electrons. The van der Waals surface area contributed by atoms with Crippen LogP contribution in [0.1, 0.15) is 11.1 Å². The average Bonchev–Trinajstić information content (AvgIpc) is 2.56. The SMILES string of the molecule is O=C(Cl)CN(CC(=O)NCCc1ccccc1)Cc1ccccc1. The largest absolute Gasteiger partial charge is 0.355 e. The summed E-state index contributed by atoms with van der Waals surface area (Å²) in [6.07, 6.45) is 0.777. The Kier molecular flexibility index (Phi) is 7.46. The maximum Gasteiger partial charge on any atom is 0.235 e. The first-order valence-corrected chi connectivity index (χ1v) is 8.26. The van der Waals surface area contributed by atoms with Crippen LogP contribution in [0.15, 0.2) is 60.7 Å². The summed E-state index contributed by atoms with van der Waals surface area (Å²) in [6, 6.07) is 19.7. The number of hydrogen-bond donors (Lipinski definition) is 1. The molecular weight excluding hydrogens is 324 g/mol. The van der Waals surface area contributed by atoms with Crippen LogP contribution in [0.4, 0.5) is 0 Å². The second-order valence-corrected chi connectivity index (χ2v) is 5.99. The van der Waals surface area contributed by atoms with Crippen molar-refractivity contribution in [2.45, 2.75) is 13.0 Å². The summed E-state index contributed by atoms with van der Waals surface area (Å²) >= 11 is 5.49. The lowest BCUT2D eigenvalue weighted by Gasteiger charge is -2.20. The summed E-state index contributed by atoms with van der Waals surface area (Å²) in [6.45, 7) is 1.26. The molecule has 0 bridgehead atoms. The van der Waals surface area contributed by atoms with Crippen LogP contribution in [-0.4, -0.2) is 35.7 Å². The third kappa shape index (κ3) is 6.94. The molecular formula is C19H21ClN2O2. The maximum atomic E-state index is 12.1. The van der Waals surface area contributed by atoms with Crippen LogP contribution < -0.4 is 5.32 Å². The molecule has 0 fully saturated rings. The van der Waals surface area contributed by atoms with E-state index >= 15 is 0 Å². The molecule has 0 aliphatic carbocycles. The molecule has 5 heteroatoms. The quantitative estimate of drug-likeness (QED) is 0.711. The molecule has 0 spiro atoms. The van der Waals surface area contributed by atoms with Gasteiger partial charge in [0.2, 0.25) is 11.1 Å². The van der Waals surface area contributed by atoms with Gasteiger partial charge in [-0.15, -0.1) is 0 Å². The molecule has 2 rings (SSSR count). The van der Waals surface area contributed by atoms with E-state index in [1.54, 1.807) is 4.90 Å². The standard InChI is InChI=1S/C19H21ClN2O2/c20-18(23)14-22(13-17-9-5-2-6-10-17)15-19(24)21-12-11-16-7-3-1-4-8-16/h1-10H,11-15H2,(H,21,24). The molecule has 0 heterocycles. The van der Waals surface area contributed by atoms with Crippen LogP contribution in [0.2, 0.25) is 0 Å². The first-order chi connectivity index (χ1) is 11.6. The highest BCUT2D eigenvalue weighted by Crippen LogP contribution is 2.05. The summed E-state index contributed by atoms with van der Waals surface area (Å²) in [7, 11) is 0. The molecule has 0 aliphatic rings. The Morgan fingerprint density at radius 3 is 2.04 bits per heavy atom. The topological polar surface area (TPSA) is 49.4 Å². The van der Waals surface area contributed by atoms with Crippen molar-refractivity contribution in [1.82, 2.24) is 10.2 Å². The monoisotopic (exact) mass is 344 g/mol. The zero-order valence-corrected chi connectivity index (χ0v) is 14.2. The van der Waals surface area contributed by atoms with Gasteiger partial charge in [0, 0.05) is 13.1 Å². The van der Waals surface area contributed by atoms with E-state index < -0.39 is 5.24 Å². The molecule has 24 heavy (non-hydrogen) atoms. The van der Waals surface area contributed by atoms with Gasteiger partial charge < -0.3 is 5.32 Å². The summed E-state index contributed by atoms with van der Waals surface area (Å²) in [5, 5.41) is 2.42. The summed E-state index contributed by atoms with van der Waals surface area (Å²) in [5.74, 6) is -0.111. The molecule has 1 N–H and O–H groups in total. The van der Waals surface area contributed by atoms with Crippen LogP contribution in [-0.2, 0) is 22.6 Å². The van der Waals surface area contributed by atoms with Gasteiger partial charge in [-0.2, -0.15) is 0 Å². The lowest BCUT2D eigenvalue weighted by molar-refractivity contribution is -0.123. The van der Waals surface area contributed by atoms with Gasteiger partial charge >= 0.3 is 0 Å². The van der Waals surface area contributed by atoms with Gasteiger partial charge in [0.15, 0.2) is 0 Å². The predicted octanol–water partition coefficient (Wildman–Crippen LogP) is 2.61. The highest BCUT2D eigenvalue weighted by atomic mass is 35.5. The Bertz CT molecular complexity index is 647. The minimum Gasteiger partial charge on any atom is -0.355 e. The molecule has 2 aromatic carbocycles. The number of nitrogens with one attached hydrogen (secondary N) is 1. The van der Waals surface area contributed by atoms with Crippen molar-refractivity contribution >= 4 is 22.8 Å². The van der Waals surface area contributed by atoms with Crippen LogP contribution in [0.3, 0.4) is 0 Å². The fourth-order valence-electron chi connectivity index (χ4n) is 2.44. The Balaban J connectivity index is 1.81. The first kappa shape index (κ1) is 18.2. The minimum absolute atomic E-state index is 0.0442. The maximum absolute atomic E-state index is 12.1. The fourth-order valence-corrected chi connectivity index (χ4v) is 2.60. The van der Waals surface area contributed by atoms with Crippen LogP contribution in [0.5, 0.6) is 0 Å². The van der Waals surface area contributed by atoms with Crippen molar-refractivity contribution in [3.05, 3.63) is 71.8 Å². The average molecular weight is 345 g/mol. The third-order valence-corrected chi connectivity index (χ3v) is 3.66. The van der Waals surface area contributed by atoms with E-state index in [0.717, 1.165) is 12.0 Å². The van der Waals surface area contributed by atoms with Gasteiger partial charge in [0.05, 0.1) is 13.1 Å². The van der Waals surface area contributed by atoms with Crippen molar-refractivity contribution < 1.29 is 9.59 Å². The van der Waals surface area contributed by atoms with Crippen LogP contribution >= 0.6 is 11.6 Å². The predicted molar refractivity (Wildman–Crippen MR) is 95.7 cm³/mol. The number of rotatable bonds is 9. The smallest absolute Gasteiger partial charge is 0.235 e. The Morgan fingerprint density at radius 2 is 1.46 bits per heavy atom. The number of carbonyl (C=O) groups is 2. The normalized spacial score (nSPS) is 10.6. The summed E-state index contributed by atoms with van der Waals surface area (Å²) in [5.41, 5.74) is 2.21. The van der Waals surface area contributed by atoms with E-state index in [0.29, 0.717) is 13.1 Å². The van der Waals surface area contributed by atoms with E-state index in [-0.39, 0.29) is 19.0 Å². The van der Waals surface area contributed by atoms with Gasteiger partial charge in [-0.1, -0.05) is 60.7 Å². The van der Waals surface area contributed by atoms with Crippen molar-refractivity contribution in [3.63, 3.8) is 0 Å². The third-order valence-electron chi connectivity index (χ3n) is 3.54. The Morgan fingerprint density at radius 1 is 0.875 bits per heavy atom. The van der Waals surface area contributed by atoms with E-state index in [1.807, 2.05) is 60.7 Å². The first-order valence-electron chi connectivity index (χ1n) is 7.89. The molecule has 1 amide bonds. The molecule has 4 nitrogen and oxygen atoms in total. The van der Waals surface area contributed by atoms with Gasteiger partial charge in [-0.3, -0.25) is 14.5 Å². The number of amides is 1. The number of hydrogen-bond acceptors (Lipinski definition) is 3. The second-order valence-electron chi connectivity index (χ2n) is 5.57. The molecule has 2 aromatic rings.